The molecule has 2 heterocycles. The second-order valence-electron chi connectivity index (χ2n) is 7.01. The minimum atomic E-state index is -0.497. The van der Waals surface area contributed by atoms with Gasteiger partial charge in [-0.1, -0.05) is 24.3 Å². The summed E-state index contributed by atoms with van der Waals surface area (Å²) in [6.45, 7) is 4.60. The Morgan fingerprint density at radius 1 is 1.28 bits per heavy atom. The topological polar surface area (TPSA) is 111 Å². The first-order valence-corrected chi connectivity index (χ1v) is 10.2. The number of fused-ring (bicyclic) bond motifs is 1. The van der Waals surface area contributed by atoms with E-state index in [2.05, 4.69) is 32.5 Å². The predicted octanol–water partition coefficient (Wildman–Crippen LogP) is 3.71. The first kappa shape index (κ1) is 21.1. The van der Waals surface area contributed by atoms with Crippen LogP contribution in [0.2, 0.25) is 0 Å². The summed E-state index contributed by atoms with van der Waals surface area (Å²) in [7, 11) is 0. The van der Waals surface area contributed by atoms with E-state index in [1.807, 2.05) is 30.3 Å². The molecule has 164 valence electrons. The largest absolute Gasteiger partial charge is 0.494 e. The van der Waals surface area contributed by atoms with E-state index >= 15 is 0 Å². The zero-order chi connectivity index (χ0) is 22.2. The van der Waals surface area contributed by atoms with Crippen LogP contribution in [0.3, 0.4) is 0 Å². The number of unbranched alkanes of at least 4 members (excludes halogenated alkanes) is 1. The Hall–Kier alpha value is -4.14. The van der Waals surface area contributed by atoms with Gasteiger partial charge in [0.2, 0.25) is 5.91 Å². The van der Waals surface area contributed by atoms with Crippen molar-refractivity contribution in [2.75, 3.05) is 18.5 Å². The van der Waals surface area contributed by atoms with Crippen LogP contribution in [-0.4, -0.2) is 39.7 Å². The number of nitrogens with zero attached hydrogens (tertiary/aromatic N) is 3. The molecule has 0 fully saturated rings. The molecular weight excluding hydrogens is 410 g/mol. The number of tetrazole rings is 1. The van der Waals surface area contributed by atoms with E-state index < -0.39 is 6.10 Å². The van der Waals surface area contributed by atoms with Crippen LogP contribution < -0.4 is 19.5 Å². The number of ether oxygens (including phenoxy) is 3. The van der Waals surface area contributed by atoms with Crippen molar-refractivity contribution in [2.24, 2.45) is 0 Å². The Morgan fingerprint density at radius 2 is 2.16 bits per heavy atom. The number of aromatic nitrogens is 4. The van der Waals surface area contributed by atoms with E-state index in [9.17, 15) is 4.79 Å². The highest BCUT2D eigenvalue weighted by molar-refractivity contribution is 6.03. The van der Waals surface area contributed by atoms with Crippen molar-refractivity contribution in [1.82, 2.24) is 20.6 Å². The molecule has 2 N–H and O–H groups in total. The molecule has 1 amide bonds. The van der Waals surface area contributed by atoms with Crippen molar-refractivity contribution in [3.8, 4) is 17.2 Å². The maximum Gasteiger partial charge on any atom is 0.248 e. The maximum atomic E-state index is 12.5. The van der Waals surface area contributed by atoms with Gasteiger partial charge < -0.3 is 19.5 Å². The molecule has 0 saturated carbocycles. The quantitative estimate of drug-likeness (QED) is 0.301. The molecule has 0 radical (unpaired) electrons. The molecule has 0 saturated heterocycles. The Morgan fingerprint density at radius 3 is 2.94 bits per heavy atom. The number of rotatable bonds is 9. The SMILES string of the molecule is C=CCCCOc1ccc(C=CC(=O)Nc2cccc3c2OC(c2nnn[nH]2)CO3)cc1. The second kappa shape index (κ2) is 10.3. The summed E-state index contributed by atoms with van der Waals surface area (Å²) in [6, 6.07) is 12.8. The van der Waals surface area contributed by atoms with Gasteiger partial charge in [0, 0.05) is 6.08 Å². The Kier molecular flexibility index (Phi) is 6.76. The average Bonchev–Trinajstić information content (AvgIpc) is 3.36. The minimum absolute atomic E-state index is 0.259. The molecule has 2 aromatic carbocycles. The van der Waals surface area contributed by atoms with Crippen LogP contribution in [-0.2, 0) is 4.79 Å². The molecule has 32 heavy (non-hydrogen) atoms. The van der Waals surface area contributed by atoms with E-state index in [1.54, 1.807) is 24.3 Å². The number of para-hydroxylation sites is 1. The number of nitrogens with one attached hydrogen (secondary N) is 2. The molecule has 4 rings (SSSR count). The van der Waals surface area contributed by atoms with E-state index in [-0.39, 0.29) is 12.5 Å². The third kappa shape index (κ3) is 5.31. The highest BCUT2D eigenvalue weighted by atomic mass is 16.6. The lowest BCUT2D eigenvalue weighted by molar-refractivity contribution is -0.111. The molecule has 1 aliphatic heterocycles. The molecule has 9 heteroatoms. The fourth-order valence-electron chi connectivity index (χ4n) is 3.07. The zero-order valence-corrected chi connectivity index (χ0v) is 17.4. The number of benzene rings is 2. The van der Waals surface area contributed by atoms with Crippen LogP contribution in [0.15, 0.2) is 61.2 Å². The third-order valence-electron chi connectivity index (χ3n) is 4.68. The summed E-state index contributed by atoms with van der Waals surface area (Å²) in [6.07, 6.45) is 6.42. The highest BCUT2D eigenvalue weighted by Gasteiger charge is 2.27. The van der Waals surface area contributed by atoms with Crippen molar-refractivity contribution in [1.29, 1.82) is 0 Å². The monoisotopic (exact) mass is 433 g/mol. The number of amides is 1. The Balaban J connectivity index is 1.36. The Bertz CT molecular complexity index is 1080. The standard InChI is InChI=1S/C23H23N5O4/c1-2-3-4-14-30-17-11-8-16(9-12-17)10-13-21(29)24-18-6-5-7-19-22(18)32-20(15-31-19)23-25-27-28-26-23/h2,5-13,20H,1,3-4,14-15H2,(H,24,29)(H,25,26,27,28). The molecule has 1 aromatic heterocycles. The number of anilines is 1. The molecule has 0 bridgehead atoms. The molecule has 0 aliphatic carbocycles. The van der Waals surface area contributed by atoms with Gasteiger partial charge in [0.05, 0.1) is 12.3 Å². The number of allylic oxidation sites excluding steroid dienone is 1. The number of H-pyrrole nitrogens is 1. The van der Waals surface area contributed by atoms with E-state index in [0.717, 1.165) is 24.2 Å². The summed E-state index contributed by atoms with van der Waals surface area (Å²) < 4.78 is 17.4. The lowest BCUT2D eigenvalue weighted by Crippen LogP contribution is -2.24. The smallest absolute Gasteiger partial charge is 0.248 e. The van der Waals surface area contributed by atoms with Crippen LogP contribution >= 0.6 is 0 Å². The predicted molar refractivity (Wildman–Crippen MR) is 119 cm³/mol. The zero-order valence-electron chi connectivity index (χ0n) is 17.4. The average molecular weight is 433 g/mol. The van der Waals surface area contributed by atoms with Crippen LogP contribution in [0.1, 0.15) is 30.3 Å². The summed E-state index contributed by atoms with van der Waals surface area (Å²) in [5, 5.41) is 16.5. The van der Waals surface area contributed by atoms with E-state index in [0.29, 0.717) is 29.6 Å². The highest BCUT2D eigenvalue weighted by Crippen LogP contribution is 2.41. The van der Waals surface area contributed by atoms with Crippen molar-refractivity contribution < 1.29 is 19.0 Å². The summed E-state index contributed by atoms with van der Waals surface area (Å²) >= 11 is 0. The number of hydrogen-bond acceptors (Lipinski definition) is 7. The molecule has 1 atom stereocenters. The number of carbonyl (C=O) groups is 1. The van der Waals surface area contributed by atoms with Gasteiger partial charge in [0.25, 0.3) is 0 Å². The normalized spacial score (nSPS) is 14.8. The number of carbonyl (C=O) groups excluding carboxylic acids is 1. The van der Waals surface area contributed by atoms with Crippen molar-refractivity contribution in [2.45, 2.75) is 18.9 Å². The lowest BCUT2D eigenvalue weighted by atomic mass is 10.2. The maximum absolute atomic E-state index is 12.5. The van der Waals surface area contributed by atoms with Crippen LogP contribution in [0.25, 0.3) is 6.08 Å². The Labute approximate surface area is 185 Å². The molecule has 1 unspecified atom stereocenters. The molecule has 3 aromatic rings. The minimum Gasteiger partial charge on any atom is -0.494 e. The third-order valence-corrected chi connectivity index (χ3v) is 4.68. The van der Waals surface area contributed by atoms with Crippen LogP contribution in [0.4, 0.5) is 5.69 Å². The van der Waals surface area contributed by atoms with E-state index in [1.165, 1.54) is 6.08 Å². The number of aromatic amines is 1. The van der Waals surface area contributed by atoms with Gasteiger partial charge in [-0.2, -0.15) is 0 Å². The van der Waals surface area contributed by atoms with Gasteiger partial charge >= 0.3 is 0 Å². The van der Waals surface area contributed by atoms with Crippen molar-refractivity contribution in [3.63, 3.8) is 0 Å². The van der Waals surface area contributed by atoms with Gasteiger partial charge in [-0.3, -0.25) is 4.79 Å². The van der Waals surface area contributed by atoms with Crippen LogP contribution in [0, 0.1) is 0 Å². The van der Waals surface area contributed by atoms with Gasteiger partial charge in [0.15, 0.2) is 23.4 Å². The second-order valence-corrected chi connectivity index (χ2v) is 7.01. The van der Waals surface area contributed by atoms with Gasteiger partial charge in [-0.05, 0) is 59.2 Å². The van der Waals surface area contributed by atoms with Gasteiger partial charge in [0.1, 0.15) is 12.4 Å². The van der Waals surface area contributed by atoms with Crippen molar-refractivity contribution >= 4 is 17.7 Å². The molecule has 0 spiro atoms. The summed E-state index contributed by atoms with van der Waals surface area (Å²) in [5.74, 6) is 1.92. The summed E-state index contributed by atoms with van der Waals surface area (Å²) in [5.41, 5.74) is 1.38. The van der Waals surface area contributed by atoms with Gasteiger partial charge in [-0.25, -0.2) is 5.10 Å². The fourth-order valence-corrected chi connectivity index (χ4v) is 3.07. The first-order valence-electron chi connectivity index (χ1n) is 10.2. The molecular formula is C23H23N5O4. The fraction of sp³-hybridized carbons (Fsp3) is 0.217. The molecule has 1 aliphatic rings. The van der Waals surface area contributed by atoms with Crippen molar-refractivity contribution in [3.05, 3.63) is 72.6 Å². The van der Waals surface area contributed by atoms with Gasteiger partial charge in [-0.15, -0.1) is 11.7 Å². The molecule has 9 nitrogen and oxygen atoms in total. The number of hydrogen-bond donors (Lipinski definition) is 2. The summed E-state index contributed by atoms with van der Waals surface area (Å²) in [4.78, 5) is 12.5. The lowest BCUT2D eigenvalue weighted by Gasteiger charge is -2.26. The first-order chi connectivity index (χ1) is 15.7. The van der Waals surface area contributed by atoms with E-state index in [4.69, 9.17) is 14.2 Å². The van der Waals surface area contributed by atoms with Crippen LogP contribution in [0.5, 0.6) is 17.2 Å².